The molecule has 1 aliphatic heterocycles. The molecule has 3 aromatic rings. The van der Waals surface area contributed by atoms with Crippen molar-refractivity contribution in [3.05, 3.63) is 41.4 Å². The predicted molar refractivity (Wildman–Crippen MR) is 130 cm³/mol. The second-order valence-electron chi connectivity index (χ2n) is 7.44. The van der Waals surface area contributed by atoms with Crippen LogP contribution in [0.15, 0.2) is 35.8 Å². The highest BCUT2D eigenvalue weighted by Crippen LogP contribution is 2.39. The van der Waals surface area contributed by atoms with Gasteiger partial charge in [0, 0.05) is 25.2 Å². The Balaban J connectivity index is 1.46. The molecule has 0 spiro atoms. The van der Waals surface area contributed by atoms with Gasteiger partial charge in [0.15, 0.2) is 6.61 Å². The summed E-state index contributed by atoms with van der Waals surface area (Å²) in [6.07, 6.45) is 0. The van der Waals surface area contributed by atoms with Crippen molar-refractivity contribution in [1.82, 2.24) is 4.98 Å². The summed E-state index contributed by atoms with van der Waals surface area (Å²) in [4.78, 5) is 31.4. The van der Waals surface area contributed by atoms with E-state index in [0.717, 1.165) is 29.0 Å². The summed E-state index contributed by atoms with van der Waals surface area (Å²) < 4.78 is 23.2. The average Bonchev–Trinajstić information content (AvgIpc) is 3.33. The normalized spacial score (nSPS) is 13.5. The number of anilines is 2. The number of hydrogen-bond donors (Lipinski definition) is 1. The van der Waals surface area contributed by atoms with E-state index in [1.54, 1.807) is 29.8 Å². The van der Waals surface area contributed by atoms with E-state index >= 15 is 0 Å². The maximum Gasteiger partial charge on any atom is 0.338 e. The molecule has 0 atom stereocenters. The summed E-state index contributed by atoms with van der Waals surface area (Å²) in [6.45, 7) is 6.99. The molecule has 0 bridgehead atoms. The van der Waals surface area contributed by atoms with Crippen LogP contribution in [0.2, 0.25) is 0 Å². The molecule has 1 N–H and O–H groups in total. The van der Waals surface area contributed by atoms with Crippen molar-refractivity contribution in [2.75, 3.05) is 56.3 Å². The smallest absolute Gasteiger partial charge is 0.338 e. The van der Waals surface area contributed by atoms with Crippen LogP contribution in [-0.2, 0) is 14.3 Å². The molecule has 10 heteroatoms. The number of nitrogens with zero attached hydrogens (tertiary/aromatic N) is 2. The third kappa shape index (κ3) is 5.57. The fourth-order valence-electron chi connectivity index (χ4n) is 3.63. The van der Waals surface area contributed by atoms with E-state index in [0.29, 0.717) is 49.2 Å². The summed E-state index contributed by atoms with van der Waals surface area (Å²) in [5.41, 5.74) is 4.23. The third-order valence-corrected chi connectivity index (χ3v) is 5.98. The molecular formula is C24H27N3O6S. The molecule has 9 nitrogen and oxygen atoms in total. The zero-order valence-electron chi connectivity index (χ0n) is 19.2. The van der Waals surface area contributed by atoms with Crippen molar-refractivity contribution in [2.45, 2.75) is 13.8 Å². The fourth-order valence-corrected chi connectivity index (χ4v) is 4.34. The minimum Gasteiger partial charge on any atom is -0.492 e. The van der Waals surface area contributed by atoms with Crippen LogP contribution >= 0.6 is 11.3 Å². The van der Waals surface area contributed by atoms with Gasteiger partial charge in [-0.3, -0.25) is 4.79 Å². The number of hydrogen-bond acceptors (Lipinski definition) is 9. The van der Waals surface area contributed by atoms with Crippen LogP contribution in [0.5, 0.6) is 11.5 Å². The molecule has 1 fully saturated rings. The number of aromatic nitrogens is 1. The first-order chi connectivity index (χ1) is 16.6. The summed E-state index contributed by atoms with van der Waals surface area (Å²) in [5, 5.41) is 2.78. The van der Waals surface area contributed by atoms with E-state index in [2.05, 4.69) is 15.2 Å². The highest BCUT2D eigenvalue weighted by Gasteiger charge is 2.21. The summed E-state index contributed by atoms with van der Waals surface area (Å²) in [5.74, 6) is 0.101. The third-order valence-electron chi connectivity index (χ3n) is 5.19. The van der Waals surface area contributed by atoms with E-state index in [1.807, 2.05) is 19.9 Å². The number of fused-ring (bicyclic) bond motifs is 1. The average molecular weight is 486 g/mol. The van der Waals surface area contributed by atoms with Gasteiger partial charge in [-0.05, 0) is 32.0 Å². The first-order valence-electron chi connectivity index (χ1n) is 11.2. The Morgan fingerprint density at radius 1 is 1.09 bits per heavy atom. The lowest BCUT2D eigenvalue weighted by Crippen LogP contribution is -2.36. The van der Waals surface area contributed by atoms with Crippen LogP contribution in [0.25, 0.3) is 10.2 Å². The van der Waals surface area contributed by atoms with Crippen molar-refractivity contribution >= 4 is 44.8 Å². The zero-order valence-corrected chi connectivity index (χ0v) is 20.0. The van der Waals surface area contributed by atoms with Crippen LogP contribution in [0.4, 0.5) is 11.4 Å². The van der Waals surface area contributed by atoms with Crippen LogP contribution in [0.1, 0.15) is 24.2 Å². The van der Waals surface area contributed by atoms with Gasteiger partial charge in [-0.25, -0.2) is 9.78 Å². The van der Waals surface area contributed by atoms with Gasteiger partial charge < -0.3 is 29.2 Å². The second kappa shape index (κ2) is 11.2. The van der Waals surface area contributed by atoms with Crippen molar-refractivity contribution in [3.8, 4) is 11.5 Å². The maximum absolute atomic E-state index is 12.6. The first kappa shape index (κ1) is 23.8. The molecule has 0 saturated carbocycles. The molecule has 1 aliphatic rings. The Labute approximate surface area is 201 Å². The standard InChI is InChI=1S/C24H27N3O6S/c1-3-31-20-13-19(27-7-9-30-10-8-27)21(32-4-2)12-18(20)26-23(28)14-33-24(29)16-5-6-17-22(11-16)34-15-25-17/h5-6,11-13,15H,3-4,7-10,14H2,1-2H3,(H,26,28). The molecule has 34 heavy (non-hydrogen) atoms. The Kier molecular flexibility index (Phi) is 7.81. The highest BCUT2D eigenvalue weighted by molar-refractivity contribution is 7.16. The lowest BCUT2D eigenvalue weighted by Gasteiger charge is -2.31. The Morgan fingerprint density at radius 2 is 1.85 bits per heavy atom. The quantitative estimate of drug-likeness (QED) is 0.458. The molecule has 0 radical (unpaired) electrons. The van der Waals surface area contributed by atoms with Crippen LogP contribution < -0.4 is 19.7 Å². The van der Waals surface area contributed by atoms with Crippen LogP contribution in [0, 0.1) is 0 Å². The van der Waals surface area contributed by atoms with E-state index in [9.17, 15) is 9.59 Å². The fraction of sp³-hybridized carbons (Fsp3) is 0.375. The highest BCUT2D eigenvalue weighted by atomic mass is 32.1. The number of thiazole rings is 1. The van der Waals surface area contributed by atoms with Gasteiger partial charge in [0.1, 0.15) is 11.5 Å². The SMILES string of the molecule is CCOc1cc(N2CCOCC2)c(OCC)cc1NC(=O)COC(=O)c1ccc2ncsc2c1. The molecule has 1 aromatic heterocycles. The first-order valence-corrected chi connectivity index (χ1v) is 12.0. The number of rotatable bonds is 9. The monoisotopic (exact) mass is 485 g/mol. The van der Waals surface area contributed by atoms with Crippen molar-refractivity contribution in [2.24, 2.45) is 0 Å². The second-order valence-corrected chi connectivity index (χ2v) is 8.33. The summed E-state index contributed by atoms with van der Waals surface area (Å²) in [7, 11) is 0. The van der Waals surface area contributed by atoms with Crippen LogP contribution in [-0.4, -0.2) is 63.0 Å². The van der Waals surface area contributed by atoms with E-state index in [-0.39, 0.29) is 0 Å². The van der Waals surface area contributed by atoms with Crippen LogP contribution in [0.3, 0.4) is 0 Å². The van der Waals surface area contributed by atoms with Gasteiger partial charge >= 0.3 is 5.97 Å². The lowest BCUT2D eigenvalue weighted by molar-refractivity contribution is -0.119. The Hall–Kier alpha value is -3.37. The number of esters is 1. The molecule has 0 unspecified atom stereocenters. The predicted octanol–water partition coefficient (Wildman–Crippen LogP) is 3.73. The summed E-state index contributed by atoms with van der Waals surface area (Å²) in [6, 6.07) is 8.71. The van der Waals surface area contributed by atoms with Gasteiger partial charge in [-0.2, -0.15) is 0 Å². The van der Waals surface area contributed by atoms with Gasteiger partial charge in [-0.15, -0.1) is 11.3 Å². The molecule has 4 rings (SSSR count). The van der Waals surface area contributed by atoms with Gasteiger partial charge in [-0.1, -0.05) is 0 Å². The number of benzene rings is 2. The number of carbonyl (C=O) groups is 2. The molecule has 180 valence electrons. The number of morpholine rings is 1. The molecule has 1 saturated heterocycles. The van der Waals surface area contributed by atoms with Crippen molar-refractivity contribution < 1.29 is 28.5 Å². The van der Waals surface area contributed by atoms with Gasteiger partial charge in [0.25, 0.3) is 5.91 Å². The van der Waals surface area contributed by atoms with E-state index in [1.165, 1.54) is 11.3 Å². The molecule has 2 aromatic carbocycles. The number of amides is 1. The number of nitrogens with one attached hydrogen (secondary N) is 1. The van der Waals surface area contributed by atoms with Gasteiger partial charge in [0.2, 0.25) is 0 Å². The van der Waals surface area contributed by atoms with Crippen molar-refractivity contribution in [1.29, 1.82) is 0 Å². The van der Waals surface area contributed by atoms with Gasteiger partial charge in [0.05, 0.1) is 59.1 Å². The number of ether oxygens (including phenoxy) is 4. The summed E-state index contributed by atoms with van der Waals surface area (Å²) >= 11 is 1.43. The minimum atomic E-state index is -0.576. The molecule has 1 amide bonds. The topological polar surface area (TPSA) is 99.2 Å². The lowest BCUT2D eigenvalue weighted by atomic mass is 10.2. The van der Waals surface area contributed by atoms with E-state index < -0.39 is 18.5 Å². The van der Waals surface area contributed by atoms with E-state index in [4.69, 9.17) is 18.9 Å². The number of carbonyl (C=O) groups excluding carboxylic acids is 2. The maximum atomic E-state index is 12.6. The largest absolute Gasteiger partial charge is 0.492 e. The Bertz CT molecular complexity index is 1160. The molecular weight excluding hydrogens is 458 g/mol. The Morgan fingerprint density at radius 3 is 2.62 bits per heavy atom. The molecule has 0 aliphatic carbocycles. The molecule has 2 heterocycles. The zero-order chi connectivity index (χ0) is 23.9. The minimum absolute atomic E-state index is 0.369. The van der Waals surface area contributed by atoms with Crippen molar-refractivity contribution in [3.63, 3.8) is 0 Å².